The Labute approximate surface area is 161 Å². The van der Waals surface area contributed by atoms with Gasteiger partial charge in [0, 0.05) is 31.4 Å². The fourth-order valence-corrected chi connectivity index (χ4v) is 3.62. The second-order valence-corrected chi connectivity index (χ2v) is 7.11. The number of carbonyl (C=O) groups is 1. The molecule has 144 valence electrons. The van der Waals surface area contributed by atoms with Gasteiger partial charge in [0.1, 0.15) is 11.5 Å². The summed E-state index contributed by atoms with van der Waals surface area (Å²) in [5, 5.41) is 14.5. The van der Waals surface area contributed by atoms with Gasteiger partial charge in [-0.25, -0.2) is 9.59 Å². The first kappa shape index (κ1) is 17.9. The number of aromatic nitrogens is 5. The zero-order chi connectivity index (χ0) is 19.5. The number of H-pyrrole nitrogens is 2. The monoisotopic (exact) mass is 400 g/mol. The van der Waals surface area contributed by atoms with Gasteiger partial charge in [0.25, 0.3) is 5.56 Å². The molecule has 1 atom stereocenters. The molecule has 0 unspecified atom stereocenters. The Balaban J connectivity index is 1.34. The van der Waals surface area contributed by atoms with E-state index in [1.54, 1.807) is 6.20 Å². The molecule has 2 amide bonds. The lowest BCUT2D eigenvalue weighted by Gasteiger charge is -2.17. The van der Waals surface area contributed by atoms with Crippen molar-refractivity contribution in [2.45, 2.75) is 12.5 Å². The van der Waals surface area contributed by atoms with Crippen LogP contribution in [0.3, 0.4) is 0 Å². The van der Waals surface area contributed by atoms with Gasteiger partial charge < -0.3 is 10.2 Å². The van der Waals surface area contributed by atoms with Crippen molar-refractivity contribution in [3.8, 4) is 10.7 Å². The first-order chi connectivity index (χ1) is 13.6. The molecule has 0 bridgehead atoms. The number of amides is 2. The van der Waals surface area contributed by atoms with Crippen LogP contribution in [-0.4, -0.2) is 50.3 Å². The van der Waals surface area contributed by atoms with Crippen molar-refractivity contribution in [2.75, 3.05) is 23.3 Å². The maximum atomic E-state index is 12.2. The highest BCUT2D eigenvalue weighted by molar-refractivity contribution is 7.18. The number of pyridine rings is 1. The summed E-state index contributed by atoms with van der Waals surface area (Å²) in [4.78, 5) is 45.8. The number of carbonyl (C=O) groups excluding carboxylic acids is 1. The van der Waals surface area contributed by atoms with Crippen molar-refractivity contribution in [2.24, 2.45) is 0 Å². The van der Waals surface area contributed by atoms with E-state index in [2.05, 4.69) is 35.8 Å². The predicted octanol–water partition coefficient (Wildman–Crippen LogP) is 0.377. The van der Waals surface area contributed by atoms with Crippen LogP contribution in [0.5, 0.6) is 0 Å². The average molecular weight is 400 g/mol. The minimum atomic E-state index is -0.559. The lowest BCUT2D eigenvalue weighted by atomic mass is 10.3. The largest absolute Gasteiger partial charge is 0.356 e. The SMILES string of the molecule is O=C(Nc1nnc(-c2ccccn2)s1)N[C@H]1CCN(c2cc(=O)[nH]c(=O)[nH]2)C1. The van der Waals surface area contributed by atoms with E-state index >= 15 is 0 Å². The van der Waals surface area contributed by atoms with E-state index in [0.29, 0.717) is 41.2 Å². The van der Waals surface area contributed by atoms with Gasteiger partial charge in [-0.1, -0.05) is 17.4 Å². The Hall–Kier alpha value is -3.54. The van der Waals surface area contributed by atoms with Gasteiger partial charge in [-0.2, -0.15) is 0 Å². The molecule has 12 heteroatoms. The molecule has 4 rings (SSSR count). The lowest BCUT2D eigenvalue weighted by Crippen LogP contribution is -2.40. The van der Waals surface area contributed by atoms with Gasteiger partial charge >= 0.3 is 11.7 Å². The van der Waals surface area contributed by atoms with E-state index in [-0.39, 0.29) is 6.04 Å². The summed E-state index contributed by atoms with van der Waals surface area (Å²) in [5.74, 6) is 0.433. The second-order valence-electron chi connectivity index (χ2n) is 6.13. The molecule has 0 aromatic carbocycles. The van der Waals surface area contributed by atoms with Crippen molar-refractivity contribution in [3.63, 3.8) is 0 Å². The molecule has 0 radical (unpaired) electrons. The maximum Gasteiger partial charge on any atom is 0.327 e. The third-order valence-electron chi connectivity index (χ3n) is 4.14. The Morgan fingerprint density at radius 3 is 2.93 bits per heavy atom. The van der Waals surface area contributed by atoms with E-state index in [1.165, 1.54) is 17.4 Å². The molecular formula is C16H16N8O3S. The molecule has 0 aliphatic carbocycles. The molecule has 4 N–H and O–H groups in total. The number of aromatic amines is 2. The van der Waals surface area contributed by atoms with Gasteiger partial charge in [-0.05, 0) is 18.6 Å². The predicted molar refractivity (Wildman–Crippen MR) is 104 cm³/mol. The topological polar surface area (TPSA) is 149 Å². The fourth-order valence-electron chi connectivity index (χ4n) is 2.91. The molecule has 28 heavy (non-hydrogen) atoms. The smallest absolute Gasteiger partial charge is 0.327 e. The number of anilines is 2. The molecule has 3 aromatic heterocycles. The van der Waals surface area contributed by atoms with Crippen molar-refractivity contribution < 1.29 is 4.79 Å². The summed E-state index contributed by atoms with van der Waals surface area (Å²) in [5.41, 5.74) is -0.337. The highest BCUT2D eigenvalue weighted by atomic mass is 32.1. The van der Waals surface area contributed by atoms with Crippen LogP contribution in [0, 0.1) is 0 Å². The third-order valence-corrected chi connectivity index (χ3v) is 5.00. The van der Waals surface area contributed by atoms with Gasteiger partial charge in [-0.3, -0.25) is 25.1 Å². The molecule has 4 heterocycles. The Morgan fingerprint density at radius 2 is 2.14 bits per heavy atom. The van der Waals surface area contributed by atoms with Crippen LogP contribution >= 0.6 is 11.3 Å². The highest BCUT2D eigenvalue weighted by Gasteiger charge is 2.25. The molecule has 1 aliphatic rings. The third kappa shape index (κ3) is 4.06. The zero-order valence-electron chi connectivity index (χ0n) is 14.5. The van der Waals surface area contributed by atoms with Crippen LogP contribution < -0.4 is 26.8 Å². The standard InChI is InChI=1S/C16H16N8O3S/c25-12-7-11(19-15(27)20-12)24-6-4-9(8-24)18-14(26)21-16-23-22-13(28-16)10-3-1-2-5-17-10/h1-3,5,7,9H,4,6,8H2,(H2,18,21,23,26)(H2,19,20,25,27)/t9-/m0/s1. The van der Waals surface area contributed by atoms with E-state index in [4.69, 9.17) is 0 Å². The van der Waals surface area contributed by atoms with Crippen molar-refractivity contribution in [1.29, 1.82) is 0 Å². The van der Waals surface area contributed by atoms with Gasteiger partial charge in [-0.15, -0.1) is 10.2 Å². The van der Waals surface area contributed by atoms with E-state index in [0.717, 1.165) is 0 Å². The lowest BCUT2D eigenvalue weighted by molar-refractivity contribution is 0.249. The quantitative estimate of drug-likeness (QED) is 0.494. The van der Waals surface area contributed by atoms with Crippen LogP contribution in [-0.2, 0) is 0 Å². The van der Waals surface area contributed by atoms with Crippen LogP contribution in [0.1, 0.15) is 6.42 Å². The first-order valence-electron chi connectivity index (χ1n) is 8.48. The highest BCUT2D eigenvalue weighted by Crippen LogP contribution is 2.24. The first-order valence-corrected chi connectivity index (χ1v) is 9.29. The fraction of sp³-hybridized carbons (Fsp3) is 0.250. The van der Waals surface area contributed by atoms with Gasteiger partial charge in [0.05, 0.1) is 0 Å². The molecule has 0 spiro atoms. The van der Waals surface area contributed by atoms with Crippen LogP contribution in [0.15, 0.2) is 40.1 Å². The molecule has 11 nitrogen and oxygen atoms in total. The summed E-state index contributed by atoms with van der Waals surface area (Å²) in [7, 11) is 0. The number of hydrogen-bond donors (Lipinski definition) is 4. The molecule has 1 fully saturated rings. The number of rotatable bonds is 4. The van der Waals surface area contributed by atoms with Crippen LogP contribution in [0.4, 0.5) is 15.7 Å². The van der Waals surface area contributed by atoms with E-state index < -0.39 is 17.3 Å². The van der Waals surface area contributed by atoms with Crippen LogP contribution in [0.25, 0.3) is 10.7 Å². The molecule has 1 saturated heterocycles. The van der Waals surface area contributed by atoms with Crippen molar-refractivity contribution in [1.82, 2.24) is 30.5 Å². The summed E-state index contributed by atoms with van der Waals surface area (Å²) in [6.07, 6.45) is 2.34. The number of hydrogen-bond acceptors (Lipinski definition) is 8. The molecule has 0 saturated carbocycles. The second kappa shape index (κ2) is 7.60. The summed E-state index contributed by atoms with van der Waals surface area (Å²) in [6.45, 7) is 1.08. The van der Waals surface area contributed by atoms with Gasteiger partial charge in [0.2, 0.25) is 5.13 Å². The zero-order valence-corrected chi connectivity index (χ0v) is 15.3. The normalized spacial score (nSPS) is 16.1. The number of nitrogens with zero attached hydrogens (tertiary/aromatic N) is 4. The van der Waals surface area contributed by atoms with Crippen molar-refractivity contribution >= 4 is 28.3 Å². The number of urea groups is 1. The minimum absolute atomic E-state index is 0.133. The molecule has 3 aromatic rings. The van der Waals surface area contributed by atoms with E-state index in [9.17, 15) is 14.4 Å². The number of nitrogens with one attached hydrogen (secondary N) is 4. The van der Waals surface area contributed by atoms with Crippen molar-refractivity contribution in [3.05, 3.63) is 51.3 Å². The van der Waals surface area contributed by atoms with Gasteiger partial charge in [0.15, 0.2) is 5.01 Å². The van der Waals surface area contributed by atoms with Crippen LogP contribution in [0.2, 0.25) is 0 Å². The van der Waals surface area contributed by atoms with E-state index in [1.807, 2.05) is 23.1 Å². The Morgan fingerprint density at radius 1 is 1.25 bits per heavy atom. The Bertz CT molecular complexity index is 1060. The summed E-state index contributed by atoms with van der Waals surface area (Å²) < 4.78 is 0. The molecular weight excluding hydrogens is 384 g/mol. The molecule has 1 aliphatic heterocycles. The summed E-state index contributed by atoms with van der Waals surface area (Å²) >= 11 is 1.23. The minimum Gasteiger partial charge on any atom is -0.356 e. The maximum absolute atomic E-state index is 12.2. The summed E-state index contributed by atoms with van der Waals surface area (Å²) in [6, 6.07) is 6.27. The Kier molecular flexibility index (Phi) is 4.85. The average Bonchev–Trinajstić information content (AvgIpc) is 3.31.